The number of carbonyl (C=O) groups is 1. The maximum Gasteiger partial charge on any atom is 0.317 e. The molecule has 0 N–H and O–H groups in total. The Morgan fingerprint density at radius 1 is 1.27 bits per heavy atom. The van der Waals surface area contributed by atoms with Crippen molar-refractivity contribution in [2.75, 3.05) is 0 Å². The van der Waals surface area contributed by atoms with Crippen LogP contribution >= 0.6 is 0 Å². The molecule has 4 heterocycles. The van der Waals surface area contributed by atoms with E-state index in [1.165, 1.54) is 0 Å². The zero-order valence-corrected chi connectivity index (χ0v) is 16.7. The fourth-order valence-corrected chi connectivity index (χ4v) is 5.40. The first-order valence-corrected chi connectivity index (χ1v) is 10.2. The molecule has 0 radical (unpaired) electrons. The molecular weight excluding hydrogens is 382 g/mol. The maximum absolute atomic E-state index is 13.4. The Kier molecular flexibility index (Phi) is 3.28. The summed E-state index contributed by atoms with van der Waals surface area (Å²) in [7, 11) is 0. The molecule has 6 rings (SSSR count). The number of benzene rings is 1. The lowest BCUT2D eigenvalue weighted by molar-refractivity contribution is -0.150. The van der Waals surface area contributed by atoms with Crippen molar-refractivity contribution in [3.05, 3.63) is 61.8 Å². The van der Waals surface area contributed by atoms with Gasteiger partial charge >= 0.3 is 5.97 Å². The summed E-state index contributed by atoms with van der Waals surface area (Å²) >= 11 is 0. The lowest BCUT2D eigenvalue weighted by Gasteiger charge is -2.25. The van der Waals surface area contributed by atoms with Crippen molar-refractivity contribution in [2.24, 2.45) is 11.1 Å². The van der Waals surface area contributed by atoms with Crippen LogP contribution in [0.1, 0.15) is 42.5 Å². The van der Waals surface area contributed by atoms with Crippen LogP contribution in [0.15, 0.2) is 34.2 Å². The van der Waals surface area contributed by atoms with Crippen LogP contribution in [-0.2, 0) is 34.5 Å². The SMILES string of the molecule is CCc1c2c(nc3ccc(N=O)cc13)-c1cc3c(c(=O)n1C2)COC(=O)[C@]31C[C@H]1C. The molecule has 7 heteroatoms. The highest BCUT2D eigenvalue weighted by molar-refractivity contribution is 5.92. The highest BCUT2D eigenvalue weighted by Gasteiger charge is 2.62. The van der Waals surface area contributed by atoms with Gasteiger partial charge in [0, 0.05) is 10.9 Å². The van der Waals surface area contributed by atoms with Crippen LogP contribution in [0.5, 0.6) is 0 Å². The quantitative estimate of drug-likeness (QED) is 0.377. The summed E-state index contributed by atoms with van der Waals surface area (Å²) in [5, 5.41) is 3.95. The number of esters is 1. The predicted molar refractivity (Wildman–Crippen MR) is 111 cm³/mol. The largest absolute Gasteiger partial charge is 0.460 e. The molecule has 2 aromatic heterocycles. The Labute approximate surface area is 171 Å². The van der Waals surface area contributed by atoms with Gasteiger partial charge in [-0.2, -0.15) is 0 Å². The van der Waals surface area contributed by atoms with Crippen LogP contribution in [-0.4, -0.2) is 15.5 Å². The Morgan fingerprint density at radius 3 is 2.77 bits per heavy atom. The van der Waals surface area contributed by atoms with Crippen LogP contribution in [0.25, 0.3) is 22.3 Å². The summed E-state index contributed by atoms with van der Waals surface area (Å²) in [5.74, 6) is -0.0583. The molecule has 0 unspecified atom stereocenters. The van der Waals surface area contributed by atoms with E-state index in [-0.39, 0.29) is 24.1 Å². The summed E-state index contributed by atoms with van der Waals surface area (Å²) in [6.07, 6.45) is 1.45. The third-order valence-electron chi connectivity index (χ3n) is 7.11. The van der Waals surface area contributed by atoms with Crippen LogP contribution in [0.2, 0.25) is 0 Å². The van der Waals surface area contributed by atoms with Gasteiger partial charge in [-0.1, -0.05) is 13.8 Å². The second-order valence-electron chi connectivity index (χ2n) is 8.53. The maximum atomic E-state index is 13.4. The Bertz CT molecular complexity index is 1370. The van der Waals surface area contributed by atoms with E-state index < -0.39 is 5.41 Å². The lowest BCUT2D eigenvalue weighted by Crippen LogP contribution is -2.37. The average molecular weight is 401 g/mol. The molecule has 7 nitrogen and oxygen atoms in total. The molecule has 0 amide bonds. The molecular formula is C23H19N3O4. The summed E-state index contributed by atoms with van der Waals surface area (Å²) in [4.78, 5) is 41.8. The molecule has 0 bridgehead atoms. The first-order chi connectivity index (χ1) is 14.5. The van der Waals surface area contributed by atoms with Crippen molar-refractivity contribution in [1.82, 2.24) is 9.55 Å². The van der Waals surface area contributed by atoms with Crippen molar-refractivity contribution >= 4 is 22.6 Å². The number of pyridine rings is 2. The van der Waals surface area contributed by atoms with Gasteiger partial charge in [0.15, 0.2) is 0 Å². The minimum absolute atomic E-state index is 0.0303. The minimum atomic E-state index is -0.681. The van der Waals surface area contributed by atoms with Crippen LogP contribution < -0.4 is 5.56 Å². The molecule has 3 aliphatic rings. The van der Waals surface area contributed by atoms with Gasteiger partial charge in [-0.3, -0.25) is 9.59 Å². The number of aromatic nitrogens is 2. The van der Waals surface area contributed by atoms with Gasteiger partial charge in [0.1, 0.15) is 12.3 Å². The third kappa shape index (κ3) is 1.97. The normalized spacial score (nSPS) is 23.1. The number of cyclic esters (lactones) is 1. The predicted octanol–water partition coefficient (Wildman–Crippen LogP) is 3.72. The number of carbonyl (C=O) groups excluding carboxylic acids is 1. The average Bonchev–Trinajstić information content (AvgIpc) is 3.28. The number of rotatable bonds is 2. The van der Waals surface area contributed by atoms with E-state index in [1.54, 1.807) is 22.8 Å². The number of nitrogens with zero attached hydrogens (tertiary/aromatic N) is 3. The number of hydrogen-bond donors (Lipinski definition) is 0. The zero-order chi connectivity index (χ0) is 20.8. The standard InChI is InChI=1S/C23H19N3O4/c1-3-13-14-6-12(25-29)4-5-18(14)24-20-15(13)9-26-19(20)7-17-16(21(26)27)10-30-22(28)23(17)8-11(23)2/h4-7,11H,3,8-10H2,1-2H3/t11-,23+/m1/s1. The van der Waals surface area contributed by atoms with Crippen LogP contribution in [0, 0.1) is 10.8 Å². The van der Waals surface area contributed by atoms with E-state index in [4.69, 9.17) is 9.72 Å². The van der Waals surface area contributed by atoms with E-state index in [0.29, 0.717) is 24.2 Å². The summed E-state index contributed by atoms with van der Waals surface area (Å²) in [5.41, 5.74) is 5.37. The minimum Gasteiger partial charge on any atom is -0.460 e. The molecule has 2 atom stereocenters. The van der Waals surface area contributed by atoms with Crippen molar-refractivity contribution in [3.63, 3.8) is 0 Å². The van der Waals surface area contributed by atoms with Gasteiger partial charge < -0.3 is 9.30 Å². The second-order valence-corrected chi connectivity index (χ2v) is 8.53. The smallest absolute Gasteiger partial charge is 0.317 e. The van der Waals surface area contributed by atoms with Crippen LogP contribution in [0.4, 0.5) is 5.69 Å². The van der Waals surface area contributed by atoms with Gasteiger partial charge in [-0.15, -0.1) is 4.91 Å². The Hall–Kier alpha value is -3.35. The van der Waals surface area contributed by atoms with E-state index in [9.17, 15) is 14.5 Å². The first kappa shape index (κ1) is 17.5. The highest BCUT2D eigenvalue weighted by atomic mass is 16.5. The number of nitroso groups, excluding NO2 is 1. The van der Waals surface area contributed by atoms with Crippen molar-refractivity contribution < 1.29 is 9.53 Å². The number of aryl methyl sites for hydroxylation is 1. The number of hydrogen-bond acceptors (Lipinski definition) is 6. The number of fused-ring (bicyclic) bond motifs is 6. The monoisotopic (exact) mass is 401 g/mol. The molecule has 2 aliphatic heterocycles. The van der Waals surface area contributed by atoms with Crippen LogP contribution in [0.3, 0.4) is 0 Å². The van der Waals surface area contributed by atoms with E-state index in [1.807, 2.05) is 13.0 Å². The third-order valence-corrected chi connectivity index (χ3v) is 7.11. The summed E-state index contributed by atoms with van der Waals surface area (Å²) in [6, 6.07) is 7.21. The fraction of sp³-hybridized carbons (Fsp3) is 0.348. The fourth-order valence-electron chi connectivity index (χ4n) is 5.40. The van der Waals surface area contributed by atoms with Gasteiger partial charge in [0.05, 0.1) is 34.4 Å². The van der Waals surface area contributed by atoms with Crippen molar-refractivity contribution in [2.45, 2.75) is 45.3 Å². The molecule has 1 spiro atoms. The van der Waals surface area contributed by atoms with Crippen molar-refractivity contribution in [1.29, 1.82) is 0 Å². The van der Waals surface area contributed by atoms with E-state index in [0.717, 1.165) is 45.4 Å². The van der Waals surface area contributed by atoms with Crippen molar-refractivity contribution in [3.8, 4) is 11.4 Å². The van der Waals surface area contributed by atoms with Gasteiger partial charge in [0.25, 0.3) is 5.56 Å². The van der Waals surface area contributed by atoms with Gasteiger partial charge in [-0.05, 0) is 59.3 Å². The molecule has 1 fully saturated rings. The second kappa shape index (κ2) is 5.62. The summed E-state index contributed by atoms with van der Waals surface area (Å²) < 4.78 is 7.14. The lowest BCUT2D eigenvalue weighted by atomic mass is 9.87. The first-order valence-electron chi connectivity index (χ1n) is 10.2. The highest BCUT2D eigenvalue weighted by Crippen LogP contribution is 2.57. The number of ether oxygens (including phenoxy) is 1. The Balaban J connectivity index is 1.65. The Morgan fingerprint density at radius 2 is 2.07 bits per heavy atom. The van der Waals surface area contributed by atoms with Gasteiger partial charge in [-0.25, -0.2) is 4.98 Å². The molecule has 1 saturated carbocycles. The molecule has 150 valence electrons. The molecule has 0 saturated heterocycles. The molecule has 1 aromatic carbocycles. The molecule has 30 heavy (non-hydrogen) atoms. The zero-order valence-electron chi connectivity index (χ0n) is 16.7. The molecule has 1 aliphatic carbocycles. The topological polar surface area (TPSA) is 90.6 Å². The van der Waals surface area contributed by atoms with Gasteiger partial charge in [0.2, 0.25) is 0 Å². The summed E-state index contributed by atoms with van der Waals surface area (Å²) in [6.45, 7) is 4.54. The molecule has 3 aromatic rings. The van der Waals surface area contributed by atoms with E-state index >= 15 is 0 Å². The van der Waals surface area contributed by atoms with E-state index in [2.05, 4.69) is 12.1 Å².